The highest BCUT2D eigenvalue weighted by Crippen LogP contribution is 2.28. The summed E-state index contributed by atoms with van der Waals surface area (Å²) in [5.74, 6) is 2.39. The average Bonchev–Trinajstić information content (AvgIpc) is 2.99. The molecule has 1 atom stereocenters. The van der Waals surface area contributed by atoms with Gasteiger partial charge in [-0.25, -0.2) is 4.98 Å². The van der Waals surface area contributed by atoms with Gasteiger partial charge >= 0.3 is 0 Å². The van der Waals surface area contributed by atoms with E-state index in [4.69, 9.17) is 0 Å². The van der Waals surface area contributed by atoms with E-state index in [1.807, 2.05) is 36.3 Å². The quantitative estimate of drug-likeness (QED) is 0.781. The standard InChI is InChI=1S/C13H14N2OS/c16-9-10-3-4-15-11(6-10)8-14-13(15)7-12-2-1-5-17-12/h3-4,6,8-9,12H,1-2,5,7H2. The van der Waals surface area contributed by atoms with E-state index in [1.54, 1.807) is 0 Å². The van der Waals surface area contributed by atoms with E-state index in [-0.39, 0.29) is 0 Å². The molecule has 0 spiro atoms. The van der Waals surface area contributed by atoms with Gasteiger partial charge in [0.2, 0.25) is 0 Å². The number of carbonyl (C=O) groups is 1. The molecule has 0 amide bonds. The molecule has 4 heteroatoms. The summed E-state index contributed by atoms with van der Waals surface area (Å²) >= 11 is 2.05. The molecule has 1 unspecified atom stereocenters. The third-order valence-electron chi connectivity index (χ3n) is 3.20. The lowest BCUT2D eigenvalue weighted by atomic mass is 10.2. The maximum Gasteiger partial charge on any atom is 0.150 e. The van der Waals surface area contributed by atoms with Gasteiger partial charge in [-0.3, -0.25) is 4.79 Å². The van der Waals surface area contributed by atoms with Crippen molar-refractivity contribution in [3.63, 3.8) is 0 Å². The van der Waals surface area contributed by atoms with E-state index >= 15 is 0 Å². The maximum atomic E-state index is 10.7. The molecule has 3 rings (SSSR count). The summed E-state index contributed by atoms with van der Waals surface area (Å²) in [6.07, 6.45) is 8.32. The predicted molar refractivity (Wildman–Crippen MR) is 69.8 cm³/mol. The number of aldehydes is 1. The van der Waals surface area contributed by atoms with Gasteiger partial charge in [0.15, 0.2) is 0 Å². The van der Waals surface area contributed by atoms with Gasteiger partial charge in [0.25, 0.3) is 0 Å². The largest absolute Gasteiger partial charge is 0.304 e. The number of fused-ring (bicyclic) bond motifs is 1. The zero-order valence-corrected chi connectivity index (χ0v) is 10.3. The van der Waals surface area contributed by atoms with Gasteiger partial charge in [0.05, 0.1) is 11.7 Å². The molecule has 88 valence electrons. The minimum atomic E-state index is 0.708. The van der Waals surface area contributed by atoms with Crippen LogP contribution in [0.2, 0.25) is 0 Å². The van der Waals surface area contributed by atoms with Crippen molar-refractivity contribution in [2.45, 2.75) is 24.5 Å². The number of aromatic nitrogens is 2. The fraction of sp³-hybridized carbons (Fsp3) is 0.385. The van der Waals surface area contributed by atoms with E-state index in [0.717, 1.165) is 24.0 Å². The van der Waals surface area contributed by atoms with Crippen LogP contribution in [0.15, 0.2) is 24.5 Å². The zero-order chi connectivity index (χ0) is 11.7. The highest BCUT2D eigenvalue weighted by molar-refractivity contribution is 8.00. The van der Waals surface area contributed by atoms with Crippen molar-refractivity contribution in [2.24, 2.45) is 0 Å². The molecule has 0 aliphatic carbocycles. The van der Waals surface area contributed by atoms with Crippen LogP contribution >= 0.6 is 11.8 Å². The first-order valence-electron chi connectivity index (χ1n) is 5.89. The van der Waals surface area contributed by atoms with Gasteiger partial charge in [0, 0.05) is 23.4 Å². The Morgan fingerprint density at radius 3 is 3.29 bits per heavy atom. The third-order valence-corrected chi connectivity index (χ3v) is 4.60. The van der Waals surface area contributed by atoms with Crippen LogP contribution in [0.25, 0.3) is 5.52 Å². The molecule has 0 saturated carbocycles. The maximum absolute atomic E-state index is 10.7. The van der Waals surface area contributed by atoms with E-state index in [2.05, 4.69) is 9.38 Å². The van der Waals surface area contributed by atoms with Crippen molar-refractivity contribution < 1.29 is 4.79 Å². The van der Waals surface area contributed by atoms with Gasteiger partial charge in [-0.2, -0.15) is 11.8 Å². The molecule has 1 aliphatic heterocycles. The normalized spacial score (nSPS) is 19.9. The number of carbonyl (C=O) groups excluding carboxylic acids is 1. The molecular formula is C13H14N2OS. The lowest BCUT2D eigenvalue weighted by Gasteiger charge is -2.07. The van der Waals surface area contributed by atoms with Crippen molar-refractivity contribution in [3.05, 3.63) is 35.9 Å². The minimum absolute atomic E-state index is 0.708. The Hall–Kier alpha value is -1.29. The second-order valence-electron chi connectivity index (χ2n) is 4.39. The number of hydrogen-bond donors (Lipinski definition) is 0. The van der Waals surface area contributed by atoms with Gasteiger partial charge < -0.3 is 4.40 Å². The molecule has 1 saturated heterocycles. The molecule has 1 aliphatic rings. The summed E-state index contributed by atoms with van der Waals surface area (Å²) in [7, 11) is 0. The Morgan fingerprint density at radius 2 is 2.53 bits per heavy atom. The van der Waals surface area contributed by atoms with Crippen molar-refractivity contribution in [1.29, 1.82) is 0 Å². The monoisotopic (exact) mass is 246 g/mol. The minimum Gasteiger partial charge on any atom is -0.304 e. The Morgan fingerprint density at radius 1 is 1.59 bits per heavy atom. The number of rotatable bonds is 3. The van der Waals surface area contributed by atoms with Crippen molar-refractivity contribution in [1.82, 2.24) is 9.38 Å². The Labute approximate surface area is 104 Å². The van der Waals surface area contributed by atoms with Crippen molar-refractivity contribution >= 4 is 23.6 Å². The first-order chi connectivity index (χ1) is 8.36. The molecule has 0 aromatic carbocycles. The van der Waals surface area contributed by atoms with Crippen LogP contribution in [-0.4, -0.2) is 26.7 Å². The number of imidazole rings is 1. The first kappa shape index (κ1) is 10.8. The number of thioether (sulfide) groups is 1. The molecule has 1 fully saturated rings. The van der Waals surface area contributed by atoms with Crippen molar-refractivity contribution in [2.75, 3.05) is 5.75 Å². The van der Waals surface area contributed by atoms with Gasteiger partial charge in [-0.15, -0.1) is 0 Å². The topological polar surface area (TPSA) is 34.4 Å². The SMILES string of the molecule is O=Cc1ccn2c(CC3CCCS3)ncc2c1. The Balaban J connectivity index is 1.91. The third kappa shape index (κ3) is 2.09. The first-order valence-corrected chi connectivity index (χ1v) is 6.94. The van der Waals surface area contributed by atoms with Crippen LogP contribution in [0, 0.1) is 0 Å². The summed E-state index contributed by atoms with van der Waals surface area (Å²) in [5.41, 5.74) is 1.71. The summed E-state index contributed by atoms with van der Waals surface area (Å²) in [6.45, 7) is 0. The fourth-order valence-corrected chi connectivity index (χ4v) is 3.57. The summed E-state index contributed by atoms with van der Waals surface area (Å²) in [6, 6.07) is 3.72. The van der Waals surface area contributed by atoms with E-state index in [1.165, 1.54) is 18.6 Å². The van der Waals surface area contributed by atoms with Crippen molar-refractivity contribution in [3.8, 4) is 0 Å². The van der Waals surface area contributed by atoms with Gasteiger partial charge in [-0.05, 0) is 30.7 Å². The number of hydrogen-bond acceptors (Lipinski definition) is 3. The summed E-state index contributed by atoms with van der Waals surface area (Å²) in [5, 5.41) is 0.714. The number of nitrogens with zero attached hydrogens (tertiary/aromatic N) is 2. The van der Waals surface area contributed by atoms with E-state index < -0.39 is 0 Å². The fourth-order valence-electron chi connectivity index (χ4n) is 2.31. The molecule has 2 aromatic rings. The molecule has 3 heterocycles. The smallest absolute Gasteiger partial charge is 0.150 e. The molecule has 2 aromatic heterocycles. The molecular weight excluding hydrogens is 232 g/mol. The van der Waals surface area contributed by atoms with E-state index in [0.29, 0.717) is 10.8 Å². The summed E-state index contributed by atoms with van der Waals surface area (Å²) < 4.78 is 2.09. The van der Waals surface area contributed by atoms with Crippen LogP contribution in [0.3, 0.4) is 0 Å². The summed E-state index contributed by atoms with van der Waals surface area (Å²) in [4.78, 5) is 15.2. The second kappa shape index (κ2) is 4.53. The molecule has 17 heavy (non-hydrogen) atoms. The van der Waals surface area contributed by atoms with Crippen LogP contribution in [-0.2, 0) is 6.42 Å². The lowest BCUT2D eigenvalue weighted by molar-refractivity contribution is 0.112. The Kier molecular flexibility index (Phi) is 2.89. The molecule has 0 bridgehead atoms. The second-order valence-corrected chi connectivity index (χ2v) is 5.79. The van der Waals surface area contributed by atoms with Gasteiger partial charge in [0.1, 0.15) is 12.1 Å². The van der Waals surface area contributed by atoms with Crippen LogP contribution in [0.4, 0.5) is 0 Å². The highest BCUT2D eigenvalue weighted by Gasteiger charge is 2.18. The van der Waals surface area contributed by atoms with Crippen LogP contribution in [0.5, 0.6) is 0 Å². The lowest BCUT2D eigenvalue weighted by Crippen LogP contribution is -2.06. The van der Waals surface area contributed by atoms with Gasteiger partial charge in [-0.1, -0.05) is 0 Å². The number of pyridine rings is 1. The van der Waals surface area contributed by atoms with Crippen LogP contribution in [0.1, 0.15) is 29.0 Å². The molecule has 3 nitrogen and oxygen atoms in total. The van der Waals surface area contributed by atoms with E-state index in [9.17, 15) is 4.79 Å². The predicted octanol–water partition coefficient (Wildman–Crippen LogP) is 2.58. The molecule has 0 N–H and O–H groups in total. The van der Waals surface area contributed by atoms with Crippen LogP contribution < -0.4 is 0 Å². The zero-order valence-electron chi connectivity index (χ0n) is 9.50. The highest BCUT2D eigenvalue weighted by atomic mass is 32.2. The average molecular weight is 246 g/mol. The Bertz CT molecular complexity index is 543. The molecule has 0 radical (unpaired) electrons.